The lowest BCUT2D eigenvalue weighted by atomic mass is 10.0. The fraction of sp³-hybridized carbons (Fsp3) is 0.625. The van der Waals surface area contributed by atoms with E-state index in [9.17, 15) is 8.78 Å². The molecule has 0 atom stereocenters. The van der Waals surface area contributed by atoms with Gasteiger partial charge in [0.05, 0.1) is 0 Å². The molecule has 0 amide bonds. The summed E-state index contributed by atoms with van der Waals surface area (Å²) in [5, 5.41) is 3.31. The standard InChI is InChI=1S/C16H23F2NO/c17-16(18)20-15-10-4-3-9-14(15)12-19-11-5-8-13-6-1-2-7-13/h3-4,9-10,13,16,19H,1-2,5-8,11-12H2. The number of halogens is 2. The van der Waals surface area contributed by atoms with Gasteiger partial charge in [0.25, 0.3) is 0 Å². The maximum Gasteiger partial charge on any atom is 0.387 e. The molecule has 0 unspecified atom stereocenters. The number of nitrogens with one attached hydrogen (secondary N) is 1. The van der Waals surface area contributed by atoms with Crippen molar-refractivity contribution in [3.8, 4) is 5.75 Å². The van der Waals surface area contributed by atoms with E-state index in [0.717, 1.165) is 24.4 Å². The van der Waals surface area contributed by atoms with Gasteiger partial charge in [-0.3, -0.25) is 0 Å². The fourth-order valence-electron chi connectivity index (χ4n) is 2.90. The molecular weight excluding hydrogens is 260 g/mol. The van der Waals surface area contributed by atoms with Crippen LogP contribution in [0.5, 0.6) is 5.75 Å². The number of benzene rings is 1. The third-order valence-corrected chi connectivity index (χ3v) is 3.94. The summed E-state index contributed by atoms with van der Waals surface area (Å²) >= 11 is 0. The number of ether oxygens (including phenoxy) is 1. The largest absolute Gasteiger partial charge is 0.434 e. The predicted octanol–water partition coefficient (Wildman–Crippen LogP) is 4.35. The van der Waals surface area contributed by atoms with Crippen molar-refractivity contribution in [2.45, 2.75) is 51.7 Å². The van der Waals surface area contributed by atoms with Crippen molar-refractivity contribution in [1.82, 2.24) is 5.32 Å². The molecule has 0 aromatic heterocycles. The Kier molecular flexibility index (Phi) is 6.25. The maximum absolute atomic E-state index is 12.3. The Morgan fingerprint density at radius 3 is 2.70 bits per heavy atom. The van der Waals surface area contributed by atoms with Gasteiger partial charge < -0.3 is 10.1 Å². The molecule has 1 aliphatic rings. The van der Waals surface area contributed by atoms with Gasteiger partial charge in [-0.1, -0.05) is 43.9 Å². The number of alkyl halides is 2. The van der Waals surface area contributed by atoms with E-state index >= 15 is 0 Å². The first-order chi connectivity index (χ1) is 9.75. The summed E-state index contributed by atoms with van der Waals surface area (Å²) in [5.74, 6) is 1.18. The first-order valence-corrected chi connectivity index (χ1v) is 7.49. The normalized spacial score (nSPS) is 15.9. The van der Waals surface area contributed by atoms with Crippen LogP contribution < -0.4 is 10.1 Å². The minimum absolute atomic E-state index is 0.269. The smallest absolute Gasteiger partial charge is 0.387 e. The molecule has 1 aromatic rings. The summed E-state index contributed by atoms with van der Waals surface area (Å²) in [7, 11) is 0. The quantitative estimate of drug-likeness (QED) is 0.716. The number of para-hydroxylation sites is 1. The Bertz CT molecular complexity index is 392. The second kappa shape index (κ2) is 8.20. The molecule has 1 N–H and O–H groups in total. The topological polar surface area (TPSA) is 21.3 Å². The van der Waals surface area contributed by atoms with Crippen LogP contribution in [0.15, 0.2) is 24.3 Å². The monoisotopic (exact) mass is 283 g/mol. The van der Waals surface area contributed by atoms with Gasteiger partial charge in [-0.25, -0.2) is 0 Å². The molecule has 1 saturated carbocycles. The molecule has 0 bridgehead atoms. The van der Waals surface area contributed by atoms with Gasteiger partial charge in [0.1, 0.15) is 5.75 Å². The Balaban J connectivity index is 1.67. The van der Waals surface area contributed by atoms with Crippen LogP contribution in [0.25, 0.3) is 0 Å². The van der Waals surface area contributed by atoms with Gasteiger partial charge in [-0.15, -0.1) is 0 Å². The minimum Gasteiger partial charge on any atom is -0.434 e. The van der Waals surface area contributed by atoms with Crippen molar-refractivity contribution in [2.24, 2.45) is 5.92 Å². The van der Waals surface area contributed by atoms with Gasteiger partial charge in [-0.2, -0.15) is 8.78 Å². The van der Waals surface area contributed by atoms with E-state index in [1.54, 1.807) is 12.1 Å². The van der Waals surface area contributed by atoms with Crippen LogP contribution in [0.2, 0.25) is 0 Å². The van der Waals surface area contributed by atoms with Gasteiger partial charge >= 0.3 is 6.61 Å². The van der Waals surface area contributed by atoms with Gasteiger partial charge in [-0.05, 0) is 31.4 Å². The Labute approximate surface area is 119 Å². The van der Waals surface area contributed by atoms with Crippen LogP contribution in [0.4, 0.5) is 8.78 Å². The lowest BCUT2D eigenvalue weighted by Crippen LogP contribution is -2.16. The van der Waals surface area contributed by atoms with Crippen molar-refractivity contribution in [3.05, 3.63) is 29.8 Å². The van der Waals surface area contributed by atoms with Crippen LogP contribution in [0.1, 0.15) is 44.1 Å². The van der Waals surface area contributed by atoms with Crippen LogP contribution in [0.3, 0.4) is 0 Å². The van der Waals surface area contributed by atoms with E-state index in [1.807, 2.05) is 12.1 Å². The van der Waals surface area contributed by atoms with Gasteiger partial charge in [0.2, 0.25) is 0 Å². The average molecular weight is 283 g/mol. The second-order valence-electron chi connectivity index (χ2n) is 5.46. The fourth-order valence-corrected chi connectivity index (χ4v) is 2.90. The molecule has 0 radical (unpaired) electrons. The number of hydrogen-bond donors (Lipinski definition) is 1. The third-order valence-electron chi connectivity index (χ3n) is 3.94. The molecule has 0 heterocycles. The third kappa shape index (κ3) is 5.08. The summed E-state index contributed by atoms with van der Waals surface area (Å²) in [4.78, 5) is 0. The highest BCUT2D eigenvalue weighted by atomic mass is 19.3. The van der Waals surface area contributed by atoms with E-state index in [1.165, 1.54) is 32.1 Å². The predicted molar refractivity (Wildman–Crippen MR) is 76.0 cm³/mol. The van der Waals surface area contributed by atoms with Crippen molar-refractivity contribution in [2.75, 3.05) is 6.54 Å². The molecule has 0 aliphatic heterocycles. The highest BCUT2D eigenvalue weighted by Gasteiger charge is 2.14. The second-order valence-corrected chi connectivity index (χ2v) is 5.46. The van der Waals surface area contributed by atoms with Crippen LogP contribution in [-0.2, 0) is 6.54 Å². The van der Waals surface area contributed by atoms with Gasteiger partial charge in [0, 0.05) is 12.1 Å². The Hall–Kier alpha value is -1.16. The summed E-state index contributed by atoms with van der Waals surface area (Å²) in [5.41, 5.74) is 0.786. The summed E-state index contributed by atoms with van der Waals surface area (Å²) < 4.78 is 29.1. The summed E-state index contributed by atoms with van der Waals surface area (Å²) in [6.07, 6.45) is 7.97. The molecule has 1 aromatic carbocycles. The minimum atomic E-state index is -2.77. The average Bonchev–Trinajstić information content (AvgIpc) is 2.93. The van der Waals surface area contributed by atoms with Gasteiger partial charge in [0.15, 0.2) is 0 Å². The van der Waals surface area contributed by atoms with E-state index in [4.69, 9.17) is 0 Å². The number of hydrogen-bond acceptors (Lipinski definition) is 2. The highest BCUT2D eigenvalue weighted by molar-refractivity contribution is 5.33. The first kappa shape index (κ1) is 15.2. The van der Waals surface area contributed by atoms with E-state index in [2.05, 4.69) is 10.1 Å². The molecule has 0 saturated heterocycles. The van der Waals surface area contributed by atoms with Crippen molar-refractivity contribution >= 4 is 0 Å². The molecule has 2 nitrogen and oxygen atoms in total. The summed E-state index contributed by atoms with van der Waals surface area (Å²) in [6.45, 7) is -1.26. The van der Waals surface area contributed by atoms with Crippen LogP contribution in [0, 0.1) is 5.92 Å². The molecule has 4 heteroatoms. The first-order valence-electron chi connectivity index (χ1n) is 7.49. The Morgan fingerprint density at radius 2 is 1.95 bits per heavy atom. The molecule has 20 heavy (non-hydrogen) atoms. The molecule has 1 aliphatic carbocycles. The summed E-state index contributed by atoms with van der Waals surface area (Å²) in [6, 6.07) is 6.96. The van der Waals surface area contributed by atoms with Crippen molar-refractivity contribution in [3.63, 3.8) is 0 Å². The van der Waals surface area contributed by atoms with Crippen LogP contribution in [-0.4, -0.2) is 13.2 Å². The molecular formula is C16H23F2NO. The lowest BCUT2D eigenvalue weighted by Gasteiger charge is -2.12. The lowest BCUT2D eigenvalue weighted by molar-refractivity contribution is -0.0504. The zero-order valence-electron chi connectivity index (χ0n) is 11.8. The zero-order chi connectivity index (χ0) is 14.2. The zero-order valence-corrected chi connectivity index (χ0v) is 11.8. The SMILES string of the molecule is FC(F)Oc1ccccc1CNCCCC1CCCC1. The highest BCUT2D eigenvalue weighted by Crippen LogP contribution is 2.28. The molecule has 1 fully saturated rings. The van der Waals surface area contributed by atoms with Crippen LogP contribution >= 0.6 is 0 Å². The molecule has 0 spiro atoms. The van der Waals surface area contributed by atoms with Crippen molar-refractivity contribution < 1.29 is 13.5 Å². The van der Waals surface area contributed by atoms with E-state index < -0.39 is 6.61 Å². The maximum atomic E-state index is 12.3. The van der Waals surface area contributed by atoms with E-state index in [-0.39, 0.29) is 5.75 Å². The van der Waals surface area contributed by atoms with E-state index in [0.29, 0.717) is 6.54 Å². The van der Waals surface area contributed by atoms with Crippen molar-refractivity contribution in [1.29, 1.82) is 0 Å². The molecule has 112 valence electrons. The Morgan fingerprint density at radius 1 is 1.20 bits per heavy atom. The number of rotatable bonds is 8. The molecule has 2 rings (SSSR count).